The number of aliphatic imine (C=N–C) groups is 1. The summed E-state index contributed by atoms with van der Waals surface area (Å²) in [5.41, 5.74) is 10.7. The topological polar surface area (TPSA) is 67.1 Å². The van der Waals surface area contributed by atoms with Crippen molar-refractivity contribution >= 4 is 5.84 Å². The molecule has 3 N–H and O–H groups in total. The molecule has 4 nitrogen and oxygen atoms in total. The van der Waals surface area contributed by atoms with Gasteiger partial charge in [-0.15, -0.1) is 0 Å². The molecule has 136 valence electrons. The zero-order chi connectivity index (χ0) is 18.7. The van der Waals surface area contributed by atoms with Crippen LogP contribution in [0.5, 0.6) is 0 Å². The van der Waals surface area contributed by atoms with E-state index < -0.39 is 0 Å². The summed E-state index contributed by atoms with van der Waals surface area (Å²) in [5.74, 6) is 0.459. The van der Waals surface area contributed by atoms with Gasteiger partial charge in [-0.1, -0.05) is 52.5 Å². The number of allylic oxidation sites excluding steroid dienone is 1. The molecule has 0 atom stereocenters. The molecule has 0 aliphatic carbocycles. The van der Waals surface area contributed by atoms with Crippen molar-refractivity contribution in [3.05, 3.63) is 54.3 Å². The molecule has 0 saturated carbocycles. The summed E-state index contributed by atoms with van der Waals surface area (Å²) in [6, 6.07) is 3.93. The van der Waals surface area contributed by atoms with Crippen molar-refractivity contribution in [2.75, 3.05) is 0 Å². The minimum absolute atomic E-state index is 0.459. The van der Waals surface area contributed by atoms with E-state index in [2.05, 4.69) is 35.4 Å². The molecule has 0 amide bonds. The van der Waals surface area contributed by atoms with Gasteiger partial charge < -0.3 is 10.7 Å². The Kier molecular flexibility index (Phi) is 9.30. The van der Waals surface area contributed by atoms with Crippen LogP contribution in [0.4, 0.5) is 0 Å². The maximum atomic E-state index is 5.93. The van der Waals surface area contributed by atoms with E-state index in [1.807, 2.05) is 32.2 Å². The summed E-state index contributed by atoms with van der Waals surface area (Å²) in [6.45, 7) is 12.0. The molecule has 2 rings (SSSR count). The van der Waals surface area contributed by atoms with Crippen LogP contribution < -0.4 is 5.73 Å². The first kappa shape index (κ1) is 20.7. The Morgan fingerprint density at radius 3 is 2.28 bits per heavy atom. The number of unbranched alkanes of at least 4 members (excludes halogenated alkanes) is 4. The summed E-state index contributed by atoms with van der Waals surface area (Å²) in [7, 11) is 0. The van der Waals surface area contributed by atoms with Gasteiger partial charge in [-0.2, -0.15) is 0 Å². The molecule has 0 unspecified atom stereocenters. The molecule has 0 bridgehead atoms. The van der Waals surface area contributed by atoms with E-state index in [9.17, 15) is 0 Å². The third-order valence-corrected chi connectivity index (χ3v) is 3.91. The highest BCUT2D eigenvalue weighted by Gasteiger charge is 2.11. The number of H-pyrrole nitrogens is 1. The highest BCUT2D eigenvalue weighted by molar-refractivity contribution is 5.99. The van der Waals surface area contributed by atoms with Gasteiger partial charge in [0.15, 0.2) is 0 Å². The molecule has 0 fully saturated rings. The number of hydrogen-bond donors (Lipinski definition) is 2. The van der Waals surface area contributed by atoms with Crippen LogP contribution in [0.3, 0.4) is 0 Å². The second-order valence-electron chi connectivity index (χ2n) is 6.23. The van der Waals surface area contributed by atoms with Gasteiger partial charge >= 0.3 is 0 Å². The van der Waals surface area contributed by atoms with Crippen LogP contribution in [0.15, 0.2) is 48.0 Å². The van der Waals surface area contributed by atoms with Crippen molar-refractivity contribution in [1.82, 2.24) is 9.97 Å². The number of nitrogens with two attached hydrogens (primary N) is 1. The minimum atomic E-state index is 0.459. The Morgan fingerprint density at radius 2 is 1.76 bits per heavy atom. The zero-order valence-electron chi connectivity index (χ0n) is 16.1. The molecule has 4 heteroatoms. The predicted octanol–water partition coefficient (Wildman–Crippen LogP) is 5.60. The molecule has 0 aliphatic heterocycles. The van der Waals surface area contributed by atoms with Crippen molar-refractivity contribution in [3.63, 3.8) is 0 Å². The summed E-state index contributed by atoms with van der Waals surface area (Å²) in [4.78, 5) is 11.3. The molecule has 25 heavy (non-hydrogen) atoms. The molecule has 0 spiro atoms. The molecule has 2 heterocycles. The van der Waals surface area contributed by atoms with Crippen LogP contribution in [0.25, 0.3) is 11.1 Å². The smallest absolute Gasteiger partial charge is 0.147 e. The lowest BCUT2D eigenvalue weighted by atomic mass is 10.1. The van der Waals surface area contributed by atoms with Gasteiger partial charge in [-0.05, 0) is 37.1 Å². The second-order valence-corrected chi connectivity index (χ2v) is 6.23. The van der Waals surface area contributed by atoms with Crippen molar-refractivity contribution in [2.45, 2.75) is 59.8 Å². The maximum Gasteiger partial charge on any atom is 0.147 e. The number of pyridine rings is 1. The Labute approximate surface area is 152 Å². The third-order valence-electron chi connectivity index (χ3n) is 3.91. The lowest BCUT2D eigenvalue weighted by molar-refractivity contribution is 0.656. The highest BCUT2D eigenvalue weighted by atomic mass is 14.9. The van der Waals surface area contributed by atoms with Gasteiger partial charge in [-0.25, -0.2) is 4.99 Å². The van der Waals surface area contributed by atoms with Gasteiger partial charge in [0.2, 0.25) is 0 Å². The average molecular weight is 341 g/mol. The Hall–Kier alpha value is -2.36. The predicted molar refractivity (Wildman–Crippen MR) is 109 cm³/mol. The SMILES string of the molecule is C=C(C)N=C(N)c1[nH]cc(-c2ccncc2)c1C.CCCCCCC. The minimum Gasteiger partial charge on any atom is -0.382 e. The molecule has 2 aromatic heterocycles. The van der Waals surface area contributed by atoms with E-state index in [0.29, 0.717) is 11.5 Å². The van der Waals surface area contributed by atoms with Crippen LogP contribution >= 0.6 is 0 Å². The molecule has 2 aromatic rings. The quantitative estimate of drug-likeness (QED) is 0.391. The second kappa shape index (κ2) is 11.2. The van der Waals surface area contributed by atoms with Crippen molar-refractivity contribution in [1.29, 1.82) is 0 Å². The summed E-state index contributed by atoms with van der Waals surface area (Å²) in [5, 5.41) is 0. The van der Waals surface area contributed by atoms with E-state index in [1.54, 1.807) is 12.4 Å². The van der Waals surface area contributed by atoms with E-state index in [1.165, 1.54) is 32.1 Å². The van der Waals surface area contributed by atoms with Gasteiger partial charge in [0.1, 0.15) is 5.84 Å². The lowest BCUT2D eigenvalue weighted by Gasteiger charge is -2.02. The van der Waals surface area contributed by atoms with E-state index >= 15 is 0 Å². The number of amidine groups is 1. The number of aromatic nitrogens is 2. The van der Waals surface area contributed by atoms with Gasteiger partial charge in [0.05, 0.1) is 5.69 Å². The first-order chi connectivity index (χ1) is 12.0. The first-order valence-corrected chi connectivity index (χ1v) is 9.09. The van der Waals surface area contributed by atoms with Gasteiger partial charge in [0.25, 0.3) is 0 Å². The molecular weight excluding hydrogens is 308 g/mol. The van der Waals surface area contributed by atoms with E-state index in [4.69, 9.17) is 5.73 Å². The fourth-order valence-corrected chi connectivity index (χ4v) is 2.53. The Morgan fingerprint density at radius 1 is 1.16 bits per heavy atom. The fraction of sp³-hybridized carbons (Fsp3) is 0.429. The standard InChI is InChI=1S/C14H16N4.C7H16/c1-9(2)18-14(15)13-10(3)12(8-17-13)11-4-6-16-7-5-11;1-3-5-7-6-4-2/h4-8,17H,1H2,2-3H3,(H2,15,18);3-7H2,1-2H3. The normalized spacial score (nSPS) is 11.0. The fourth-order valence-electron chi connectivity index (χ4n) is 2.53. The van der Waals surface area contributed by atoms with Gasteiger partial charge in [0, 0.05) is 29.9 Å². The molecule has 0 saturated heterocycles. The first-order valence-electron chi connectivity index (χ1n) is 9.09. The maximum absolute atomic E-state index is 5.93. The molecular formula is C21H32N4. The third kappa shape index (κ3) is 6.96. The van der Waals surface area contributed by atoms with E-state index in [-0.39, 0.29) is 0 Å². The Bertz CT molecular complexity index is 664. The van der Waals surface area contributed by atoms with Crippen molar-refractivity contribution < 1.29 is 0 Å². The number of aromatic amines is 1. The number of nitrogens with one attached hydrogen (secondary N) is 1. The van der Waals surface area contributed by atoms with Crippen LogP contribution in [0.1, 0.15) is 64.1 Å². The summed E-state index contributed by atoms with van der Waals surface area (Å²) in [6.07, 6.45) is 12.5. The van der Waals surface area contributed by atoms with E-state index in [0.717, 1.165) is 22.4 Å². The monoisotopic (exact) mass is 340 g/mol. The molecule has 0 aromatic carbocycles. The molecule has 0 radical (unpaired) electrons. The van der Waals surface area contributed by atoms with Crippen LogP contribution in [-0.2, 0) is 0 Å². The van der Waals surface area contributed by atoms with Crippen molar-refractivity contribution in [3.8, 4) is 11.1 Å². The number of hydrogen-bond acceptors (Lipinski definition) is 2. The largest absolute Gasteiger partial charge is 0.382 e. The summed E-state index contributed by atoms with van der Waals surface area (Å²) >= 11 is 0. The van der Waals surface area contributed by atoms with Gasteiger partial charge in [-0.3, -0.25) is 4.98 Å². The van der Waals surface area contributed by atoms with Crippen molar-refractivity contribution in [2.24, 2.45) is 10.7 Å². The molecule has 0 aliphatic rings. The highest BCUT2D eigenvalue weighted by Crippen LogP contribution is 2.24. The van der Waals surface area contributed by atoms with Crippen LogP contribution in [0, 0.1) is 6.92 Å². The zero-order valence-corrected chi connectivity index (χ0v) is 16.1. The number of nitrogens with zero attached hydrogens (tertiary/aromatic N) is 2. The lowest BCUT2D eigenvalue weighted by Crippen LogP contribution is -2.15. The van der Waals surface area contributed by atoms with Crippen LogP contribution in [-0.4, -0.2) is 15.8 Å². The van der Waals surface area contributed by atoms with Crippen LogP contribution in [0.2, 0.25) is 0 Å². The average Bonchev–Trinajstić information content (AvgIpc) is 2.98. The number of rotatable bonds is 7. The summed E-state index contributed by atoms with van der Waals surface area (Å²) < 4.78 is 0. The Balaban J connectivity index is 0.000000381.